The molecule has 2 aliphatic heterocycles. The number of anilines is 1. The van der Waals surface area contributed by atoms with Crippen LogP contribution in [0.3, 0.4) is 0 Å². The third-order valence-electron chi connectivity index (χ3n) is 5.83. The van der Waals surface area contributed by atoms with E-state index in [0.29, 0.717) is 6.54 Å². The summed E-state index contributed by atoms with van der Waals surface area (Å²) in [6.07, 6.45) is 5.84. The van der Waals surface area contributed by atoms with Crippen LogP contribution in [0.15, 0.2) is 23.3 Å². The quantitative estimate of drug-likeness (QED) is 0.539. The molecule has 0 saturated carbocycles. The Kier molecular flexibility index (Phi) is 8.12. The Morgan fingerprint density at radius 1 is 1.14 bits per heavy atom. The van der Waals surface area contributed by atoms with E-state index in [-0.39, 0.29) is 5.54 Å². The first-order valence-electron chi connectivity index (χ1n) is 11.1. The fraction of sp³-hybridized carbons (Fsp3) is 0.727. The highest BCUT2D eigenvalue weighted by molar-refractivity contribution is 5.79. The average molecular weight is 403 g/mol. The number of nitrogens with zero attached hydrogens (tertiary/aromatic N) is 4. The van der Waals surface area contributed by atoms with Gasteiger partial charge >= 0.3 is 0 Å². The molecule has 0 unspecified atom stereocenters. The van der Waals surface area contributed by atoms with Crippen molar-refractivity contribution >= 4 is 11.8 Å². The van der Waals surface area contributed by atoms with Gasteiger partial charge in [-0.05, 0) is 52.8 Å². The molecular weight excluding hydrogens is 364 g/mol. The second-order valence-corrected chi connectivity index (χ2v) is 8.49. The maximum atomic E-state index is 5.48. The number of ether oxygens (including phenoxy) is 1. The Balaban J connectivity index is 1.63. The van der Waals surface area contributed by atoms with E-state index in [1.165, 1.54) is 32.4 Å². The molecule has 0 atom stereocenters. The van der Waals surface area contributed by atoms with E-state index in [2.05, 4.69) is 52.3 Å². The lowest BCUT2D eigenvalue weighted by Crippen LogP contribution is -2.54. The van der Waals surface area contributed by atoms with Gasteiger partial charge < -0.3 is 20.3 Å². The van der Waals surface area contributed by atoms with Gasteiger partial charge in [-0.15, -0.1) is 0 Å². The molecule has 2 N–H and O–H groups in total. The maximum Gasteiger partial charge on any atom is 0.191 e. The van der Waals surface area contributed by atoms with Gasteiger partial charge in [0.2, 0.25) is 0 Å². The summed E-state index contributed by atoms with van der Waals surface area (Å²) in [4.78, 5) is 14.4. The van der Waals surface area contributed by atoms with Crippen molar-refractivity contribution in [3.05, 3.63) is 23.9 Å². The molecular formula is C22H38N6O. The van der Waals surface area contributed by atoms with E-state index in [0.717, 1.165) is 56.7 Å². The van der Waals surface area contributed by atoms with Gasteiger partial charge in [-0.2, -0.15) is 0 Å². The maximum absolute atomic E-state index is 5.48. The molecule has 2 saturated heterocycles. The highest BCUT2D eigenvalue weighted by atomic mass is 16.5. The molecule has 0 aromatic carbocycles. The number of likely N-dealkylation sites (tertiary alicyclic amines) is 1. The monoisotopic (exact) mass is 402 g/mol. The fourth-order valence-electron chi connectivity index (χ4n) is 4.03. The van der Waals surface area contributed by atoms with Crippen LogP contribution in [0.25, 0.3) is 0 Å². The summed E-state index contributed by atoms with van der Waals surface area (Å²) in [6, 6.07) is 4.12. The summed E-state index contributed by atoms with van der Waals surface area (Å²) >= 11 is 0. The number of nitrogens with one attached hydrogen (secondary N) is 2. The van der Waals surface area contributed by atoms with Gasteiger partial charge in [0.15, 0.2) is 5.96 Å². The Hall–Kier alpha value is -1.86. The number of hydrogen-bond acceptors (Lipinski definition) is 5. The predicted octanol–water partition coefficient (Wildman–Crippen LogP) is 2.24. The molecule has 2 fully saturated rings. The number of rotatable bonds is 7. The standard InChI is InChI=1S/C22H38N6O/c1-4-23-21(26-18-22(2,3)28-11-6-5-7-12-28)25-17-19-9-8-10-24-20(19)27-13-15-29-16-14-27/h8-10H,4-7,11-18H2,1-3H3,(H2,23,25,26). The van der Waals surface area contributed by atoms with Crippen LogP contribution in [0.2, 0.25) is 0 Å². The number of aromatic nitrogens is 1. The highest BCUT2D eigenvalue weighted by Crippen LogP contribution is 2.21. The number of morpholine rings is 1. The van der Waals surface area contributed by atoms with Crippen LogP contribution in [0.4, 0.5) is 5.82 Å². The van der Waals surface area contributed by atoms with Crippen LogP contribution in [-0.2, 0) is 11.3 Å². The Morgan fingerprint density at radius 3 is 2.62 bits per heavy atom. The van der Waals surface area contributed by atoms with Gasteiger partial charge in [0.25, 0.3) is 0 Å². The second kappa shape index (κ2) is 10.8. The van der Waals surface area contributed by atoms with E-state index in [9.17, 15) is 0 Å². The van der Waals surface area contributed by atoms with Gasteiger partial charge in [-0.1, -0.05) is 12.5 Å². The minimum absolute atomic E-state index is 0.115. The van der Waals surface area contributed by atoms with E-state index >= 15 is 0 Å². The number of hydrogen-bond donors (Lipinski definition) is 2. The van der Waals surface area contributed by atoms with Crippen LogP contribution >= 0.6 is 0 Å². The minimum Gasteiger partial charge on any atom is -0.378 e. The molecule has 0 radical (unpaired) electrons. The van der Waals surface area contributed by atoms with Crippen LogP contribution in [-0.4, -0.2) is 73.9 Å². The van der Waals surface area contributed by atoms with Gasteiger partial charge in [0.1, 0.15) is 5.82 Å². The Morgan fingerprint density at radius 2 is 1.90 bits per heavy atom. The fourth-order valence-corrected chi connectivity index (χ4v) is 4.03. The molecule has 0 spiro atoms. The van der Waals surface area contributed by atoms with Crippen molar-refractivity contribution < 1.29 is 4.74 Å². The summed E-state index contributed by atoms with van der Waals surface area (Å²) < 4.78 is 5.48. The van der Waals surface area contributed by atoms with Crippen molar-refractivity contribution in [2.75, 3.05) is 57.4 Å². The summed E-state index contributed by atoms with van der Waals surface area (Å²) in [5.74, 6) is 1.90. The normalized spacial score (nSPS) is 19.3. The number of aliphatic imine (C=N–C) groups is 1. The molecule has 29 heavy (non-hydrogen) atoms. The first-order valence-corrected chi connectivity index (χ1v) is 11.1. The molecule has 1 aromatic heterocycles. The zero-order valence-corrected chi connectivity index (χ0v) is 18.4. The summed E-state index contributed by atoms with van der Waals surface area (Å²) in [6.45, 7) is 14.8. The van der Waals surface area contributed by atoms with Crippen molar-refractivity contribution in [2.45, 2.75) is 52.1 Å². The molecule has 1 aromatic rings. The van der Waals surface area contributed by atoms with Crippen LogP contribution in [0.1, 0.15) is 45.6 Å². The van der Waals surface area contributed by atoms with Gasteiger partial charge in [0, 0.05) is 43.5 Å². The molecule has 0 amide bonds. The van der Waals surface area contributed by atoms with Crippen LogP contribution in [0.5, 0.6) is 0 Å². The van der Waals surface area contributed by atoms with Crippen molar-refractivity contribution in [2.24, 2.45) is 4.99 Å². The molecule has 0 bridgehead atoms. The van der Waals surface area contributed by atoms with Crippen molar-refractivity contribution in [1.29, 1.82) is 0 Å². The summed E-state index contributed by atoms with van der Waals surface area (Å²) in [5, 5.41) is 6.96. The molecule has 2 aliphatic rings. The molecule has 0 aliphatic carbocycles. The van der Waals surface area contributed by atoms with Crippen LogP contribution in [0, 0.1) is 0 Å². The van der Waals surface area contributed by atoms with Crippen molar-refractivity contribution in [3.63, 3.8) is 0 Å². The lowest BCUT2D eigenvalue weighted by atomic mass is 9.98. The van der Waals surface area contributed by atoms with E-state index in [1.54, 1.807) is 0 Å². The summed E-state index contributed by atoms with van der Waals surface area (Å²) in [7, 11) is 0. The zero-order valence-electron chi connectivity index (χ0n) is 18.4. The minimum atomic E-state index is 0.115. The number of piperidine rings is 1. The van der Waals surface area contributed by atoms with E-state index < -0.39 is 0 Å². The largest absolute Gasteiger partial charge is 0.378 e. The lowest BCUT2D eigenvalue weighted by Gasteiger charge is -2.41. The highest BCUT2D eigenvalue weighted by Gasteiger charge is 2.28. The van der Waals surface area contributed by atoms with Crippen LogP contribution < -0.4 is 15.5 Å². The molecule has 7 heteroatoms. The topological polar surface area (TPSA) is 65.0 Å². The molecule has 3 heterocycles. The van der Waals surface area contributed by atoms with E-state index in [1.807, 2.05) is 12.3 Å². The molecule has 7 nitrogen and oxygen atoms in total. The number of pyridine rings is 1. The average Bonchev–Trinajstić information content (AvgIpc) is 2.77. The van der Waals surface area contributed by atoms with Gasteiger partial charge in [0.05, 0.1) is 19.8 Å². The second-order valence-electron chi connectivity index (χ2n) is 8.49. The van der Waals surface area contributed by atoms with Gasteiger partial charge in [-0.25, -0.2) is 9.98 Å². The van der Waals surface area contributed by atoms with Crippen molar-refractivity contribution in [1.82, 2.24) is 20.5 Å². The summed E-state index contributed by atoms with van der Waals surface area (Å²) in [5.41, 5.74) is 1.27. The third-order valence-corrected chi connectivity index (χ3v) is 5.83. The van der Waals surface area contributed by atoms with Crippen molar-refractivity contribution in [3.8, 4) is 0 Å². The SMILES string of the molecule is CCNC(=NCc1cccnc1N1CCOCC1)NCC(C)(C)N1CCCCC1. The Bertz CT molecular complexity index is 650. The predicted molar refractivity (Wildman–Crippen MR) is 120 cm³/mol. The molecule has 162 valence electrons. The smallest absolute Gasteiger partial charge is 0.191 e. The Labute approximate surface area is 175 Å². The third kappa shape index (κ3) is 6.31. The number of guanidine groups is 1. The molecule has 3 rings (SSSR count). The zero-order chi connectivity index (χ0) is 20.5. The van der Waals surface area contributed by atoms with Gasteiger partial charge in [-0.3, -0.25) is 4.90 Å². The lowest BCUT2D eigenvalue weighted by molar-refractivity contribution is 0.0982. The first kappa shape index (κ1) is 21.8. The van der Waals surface area contributed by atoms with E-state index in [4.69, 9.17) is 9.73 Å². The first-order chi connectivity index (χ1) is 14.1.